The standard InChI is InChI=1S/C6H5N2O2.Na/c1-4-6(10)5(2-9)8-3-7-4;/h3,10H,1H3;/q-1;+1. The summed E-state index contributed by atoms with van der Waals surface area (Å²) in [7, 11) is 0. The van der Waals surface area contributed by atoms with Crippen molar-refractivity contribution in [3.05, 3.63) is 17.7 Å². The molecule has 0 aliphatic heterocycles. The zero-order chi connectivity index (χ0) is 7.56. The van der Waals surface area contributed by atoms with Gasteiger partial charge in [0.2, 0.25) is 0 Å². The molecule has 0 saturated heterocycles. The van der Waals surface area contributed by atoms with Crippen LogP contribution in [0.4, 0.5) is 0 Å². The summed E-state index contributed by atoms with van der Waals surface area (Å²) in [6.45, 7) is 1.58. The normalized spacial score (nSPS) is 8.45. The van der Waals surface area contributed by atoms with Gasteiger partial charge >= 0.3 is 29.6 Å². The first-order valence-corrected chi connectivity index (χ1v) is 2.64. The fraction of sp³-hybridized carbons (Fsp3) is 0.167. The molecule has 5 heteroatoms. The van der Waals surface area contributed by atoms with Crippen LogP contribution in [0.15, 0.2) is 6.33 Å². The van der Waals surface area contributed by atoms with E-state index in [1.165, 1.54) is 12.6 Å². The number of nitrogens with zero attached hydrogens (tertiary/aromatic N) is 2. The van der Waals surface area contributed by atoms with Crippen molar-refractivity contribution < 1.29 is 39.5 Å². The Kier molecular flexibility index (Phi) is 4.25. The molecule has 0 aliphatic carbocycles. The van der Waals surface area contributed by atoms with Gasteiger partial charge in [-0.05, 0) is 12.6 Å². The van der Waals surface area contributed by atoms with Crippen molar-refractivity contribution in [1.82, 2.24) is 9.97 Å². The molecule has 1 N–H and O–H groups in total. The van der Waals surface area contributed by atoms with E-state index >= 15 is 0 Å². The van der Waals surface area contributed by atoms with Gasteiger partial charge < -0.3 is 9.90 Å². The third kappa shape index (κ3) is 2.25. The largest absolute Gasteiger partial charge is 1.00 e. The Morgan fingerprint density at radius 2 is 2.18 bits per heavy atom. The summed E-state index contributed by atoms with van der Waals surface area (Å²) in [6, 6.07) is 0. The second-order valence-corrected chi connectivity index (χ2v) is 1.76. The summed E-state index contributed by atoms with van der Waals surface area (Å²) in [5, 5.41) is 9.01. The van der Waals surface area contributed by atoms with Crippen LogP contribution >= 0.6 is 0 Å². The van der Waals surface area contributed by atoms with Crippen molar-refractivity contribution in [3.63, 3.8) is 0 Å². The van der Waals surface area contributed by atoms with E-state index in [-0.39, 0.29) is 41.0 Å². The van der Waals surface area contributed by atoms with Gasteiger partial charge in [-0.25, -0.2) is 0 Å². The molecule has 52 valence electrons. The monoisotopic (exact) mass is 160 g/mol. The molecule has 4 nitrogen and oxygen atoms in total. The van der Waals surface area contributed by atoms with Crippen LogP contribution < -0.4 is 29.6 Å². The zero-order valence-corrected chi connectivity index (χ0v) is 8.33. The molecule has 1 aromatic heterocycles. The Labute approximate surface area is 86.0 Å². The summed E-state index contributed by atoms with van der Waals surface area (Å²) in [5.74, 6) is -0.197. The number of carbonyl (C=O) groups excluding carboxylic acids is 1. The fourth-order valence-corrected chi connectivity index (χ4v) is 0.542. The first-order chi connectivity index (χ1) is 4.75. The smallest absolute Gasteiger partial charge is 0.589 e. The summed E-state index contributed by atoms with van der Waals surface area (Å²) in [4.78, 5) is 17.1. The number of aromatic nitrogens is 2. The quantitative estimate of drug-likeness (QED) is 0.350. The first kappa shape index (κ1) is 10.6. The van der Waals surface area contributed by atoms with E-state index in [1.54, 1.807) is 6.92 Å². The van der Waals surface area contributed by atoms with Gasteiger partial charge in [0.15, 0.2) is 0 Å². The minimum Gasteiger partial charge on any atom is -0.589 e. The Bertz CT molecular complexity index is 265. The van der Waals surface area contributed by atoms with Crippen molar-refractivity contribution >= 4 is 6.29 Å². The van der Waals surface area contributed by atoms with Crippen molar-refractivity contribution in [2.24, 2.45) is 0 Å². The van der Waals surface area contributed by atoms with E-state index in [4.69, 9.17) is 5.11 Å². The van der Waals surface area contributed by atoms with Crippen LogP contribution in [0.1, 0.15) is 11.4 Å². The number of aryl methyl sites for hydroxylation is 1. The van der Waals surface area contributed by atoms with E-state index in [0.717, 1.165) is 0 Å². The molecule has 0 amide bonds. The number of hydrogen-bond acceptors (Lipinski definition) is 4. The molecule has 1 aromatic rings. The van der Waals surface area contributed by atoms with Crippen LogP contribution in [0.3, 0.4) is 0 Å². The summed E-state index contributed by atoms with van der Waals surface area (Å²) in [6.07, 6.45) is 2.69. The molecule has 0 fully saturated rings. The molecule has 0 atom stereocenters. The second-order valence-electron chi connectivity index (χ2n) is 1.76. The molecule has 1 rings (SSSR count). The predicted molar refractivity (Wildman–Crippen MR) is 33.2 cm³/mol. The van der Waals surface area contributed by atoms with E-state index in [0.29, 0.717) is 5.69 Å². The molecule has 0 unspecified atom stereocenters. The Morgan fingerprint density at radius 3 is 2.64 bits per heavy atom. The Hall–Kier alpha value is -0.450. The van der Waals surface area contributed by atoms with E-state index < -0.39 is 0 Å². The first-order valence-electron chi connectivity index (χ1n) is 2.64. The minimum absolute atomic E-state index is 0. The van der Waals surface area contributed by atoms with Crippen LogP contribution in [0.2, 0.25) is 0 Å². The fourth-order valence-electron chi connectivity index (χ4n) is 0.542. The van der Waals surface area contributed by atoms with Crippen LogP contribution in [-0.4, -0.2) is 21.4 Å². The van der Waals surface area contributed by atoms with Gasteiger partial charge in [0.25, 0.3) is 0 Å². The van der Waals surface area contributed by atoms with Crippen molar-refractivity contribution in [3.8, 4) is 5.75 Å². The zero-order valence-electron chi connectivity index (χ0n) is 6.33. The third-order valence-electron chi connectivity index (χ3n) is 1.10. The van der Waals surface area contributed by atoms with Gasteiger partial charge in [0, 0.05) is 17.7 Å². The van der Waals surface area contributed by atoms with E-state index in [2.05, 4.69) is 9.97 Å². The van der Waals surface area contributed by atoms with E-state index in [9.17, 15) is 4.79 Å². The Morgan fingerprint density at radius 1 is 1.55 bits per heavy atom. The average molecular weight is 160 g/mol. The van der Waals surface area contributed by atoms with Gasteiger partial charge in [0.05, 0.1) is 0 Å². The molecular formula is C6H5N2NaO2. The molecule has 0 radical (unpaired) electrons. The molecule has 0 spiro atoms. The molecule has 0 aromatic carbocycles. The second kappa shape index (κ2) is 4.43. The maximum Gasteiger partial charge on any atom is 1.00 e. The van der Waals surface area contributed by atoms with Crippen molar-refractivity contribution in [1.29, 1.82) is 0 Å². The number of hydrogen-bond donors (Lipinski definition) is 1. The van der Waals surface area contributed by atoms with Gasteiger partial charge in [-0.2, -0.15) is 0 Å². The molecule has 0 bridgehead atoms. The van der Waals surface area contributed by atoms with Crippen molar-refractivity contribution in [2.75, 3.05) is 0 Å². The van der Waals surface area contributed by atoms with E-state index in [1.807, 2.05) is 0 Å². The summed E-state index contributed by atoms with van der Waals surface area (Å²) >= 11 is 0. The molecule has 11 heavy (non-hydrogen) atoms. The third-order valence-corrected chi connectivity index (χ3v) is 1.10. The number of rotatable bonds is 1. The predicted octanol–water partition coefficient (Wildman–Crippen LogP) is -3.05. The van der Waals surface area contributed by atoms with Crippen LogP contribution in [0, 0.1) is 6.92 Å². The van der Waals surface area contributed by atoms with Gasteiger partial charge in [-0.1, -0.05) is 0 Å². The minimum atomic E-state index is -0.197. The average Bonchev–Trinajstić information content (AvgIpc) is 1.95. The maximum atomic E-state index is 10.0. The van der Waals surface area contributed by atoms with Crippen LogP contribution in [0.5, 0.6) is 5.75 Å². The summed E-state index contributed by atoms with van der Waals surface area (Å²) in [5.41, 5.74) is 0.292. The van der Waals surface area contributed by atoms with Crippen LogP contribution in [-0.2, 0) is 4.79 Å². The van der Waals surface area contributed by atoms with Gasteiger partial charge in [-0.15, -0.1) is 0 Å². The number of aromatic hydroxyl groups is 1. The van der Waals surface area contributed by atoms with Gasteiger partial charge in [-0.3, -0.25) is 9.97 Å². The topological polar surface area (TPSA) is 63.1 Å². The SMILES string of the molecule is Cc1ncnc([C-]=O)c1O.[Na+]. The van der Waals surface area contributed by atoms with Gasteiger partial charge in [0.1, 0.15) is 6.33 Å². The van der Waals surface area contributed by atoms with Crippen LogP contribution in [0.25, 0.3) is 0 Å². The maximum absolute atomic E-state index is 10.0. The molecule has 0 aliphatic rings. The molecule has 1 heterocycles. The molecular weight excluding hydrogens is 155 g/mol. The Balaban J connectivity index is 0.000001000. The van der Waals surface area contributed by atoms with Crippen molar-refractivity contribution in [2.45, 2.75) is 6.92 Å². The molecule has 0 saturated carbocycles. The summed E-state index contributed by atoms with van der Waals surface area (Å²) < 4.78 is 0.